The highest BCUT2D eigenvalue weighted by Gasteiger charge is 2.14. The highest BCUT2D eigenvalue weighted by molar-refractivity contribution is 7.92. The number of ether oxygens (including phenoxy) is 1. The molecule has 0 unspecified atom stereocenters. The van der Waals surface area contributed by atoms with E-state index in [0.29, 0.717) is 28.4 Å². The van der Waals surface area contributed by atoms with Crippen molar-refractivity contribution in [3.63, 3.8) is 0 Å². The average molecular weight is 391 g/mol. The predicted molar refractivity (Wildman–Crippen MR) is 105 cm³/mol. The van der Waals surface area contributed by atoms with Gasteiger partial charge in [-0.2, -0.15) is 0 Å². The molecule has 27 heavy (non-hydrogen) atoms. The number of sulfonamides is 1. The van der Waals surface area contributed by atoms with Crippen molar-refractivity contribution in [1.29, 1.82) is 0 Å². The molecule has 2 aromatic rings. The molecule has 0 aromatic heterocycles. The number of aryl methyl sites for hydroxylation is 1. The van der Waals surface area contributed by atoms with Crippen LogP contribution in [0.2, 0.25) is 0 Å². The van der Waals surface area contributed by atoms with Crippen molar-refractivity contribution in [2.24, 2.45) is 0 Å². The lowest BCUT2D eigenvalue weighted by Gasteiger charge is -2.14. The topological polar surface area (TPSA) is 114 Å². The van der Waals surface area contributed by atoms with Gasteiger partial charge in [0, 0.05) is 18.6 Å². The highest BCUT2D eigenvalue weighted by atomic mass is 32.2. The van der Waals surface area contributed by atoms with Crippen molar-refractivity contribution >= 4 is 38.9 Å². The smallest absolute Gasteiger partial charge is 0.255 e. The number of anilines is 3. The number of carbonyl (C=O) groups excluding carboxylic acids is 2. The van der Waals surface area contributed by atoms with E-state index in [1.54, 1.807) is 37.3 Å². The molecule has 0 aliphatic rings. The van der Waals surface area contributed by atoms with Crippen molar-refractivity contribution < 1.29 is 22.7 Å². The fourth-order valence-corrected chi connectivity index (χ4v) is 2.94. The summed E-state index contributed by atoms with van der Waals surface area (Å²) in [6, 6.07) is 9.51. The zero-order valence-corrected chi connectivity index (χ0v) is 16.2. The summed E-state index contributed by atoms with van der Waals surface area (Å²) in [7, 11) is -1.99. The minimum absolute atomic E-state index is 0.253. The Morgan fingerprint density at radius 1 is 0.963 bits per heavy atom. The van der Waals surface area contributed by atoms with Gasteiger partial charge in [-0.05, 0) is 36.8 Å². The minimum Gasteiger partial charge on any atom is -0.497 e. The van der Waals surface area contributed by atoms with E-state index in [-0.39, 0.29) is 11.5 Å². The number of amides is 2. The van der Waals surface area contributed by atoms with E-state index >= 15 is 0 Å². The van der Waals surface area contributed by atoms with Gasteiger partial charge in [0.05, 0.1) is 30.4 Å². The van der Waals surface area contributed by atoms with Gasteiger partial charge in [0.15, 0.2) is 0 Å². The molecule has 0 heterocycles. The Morgan fingerprint density at radius 2 is 1.67 bits per heavy atom. The number of methoxy groups -OCH3 is 1. The summed E-state index contributed by atoms with van der Waals surface area (Å²) in [5.74, 6) is -0.250. The van der Waals surface area contributed by atoms with Crippen LogP contribution in [-0.2, 0) is 14.8 Å². The van der Waals surface area contributed by atoms with Gasteiger partial charge in [-0.25, -0.2) is 8.42 Å². The quantitative estimate of drug-likeness (QED) is 0.700. The molecule has 9 heteroatoms. The second kappa shape index (κ2) is 8.09. The molecule has 0 fully saturated rings. The molecule has 0 saturated carbocycles. The Morgan fingerprint density at radius 3 is 2.26 bits per heavy atom. The van der Waals surface area contributed by atoms with Crippen molar-refractivity contribution in [2.75, 3.05) is 28.7 Å². The summed E-state index contributed by atoms with van der Waals surface area (Å²) < 4.78 is 30.5. The molecule has 144 valence electrons. The van der Waals surface area contributed by atoms with E-state index in [2.05, 4.69) is 15.4 Å². The molecule has 0 bridgehead atoms. The molecular formula is C18H21N3O5S. The maximum Gasteiger partial charge on any atom is 0.255 e. The first-order valence-corrected chi connectivity index (χ1v) is 9.83. The Bertz CT molecular complexity index is 986. The number of hydrogen-bond donors (Lipinski definition) is 3. The van der Waals surface area contributed by atoms with Crippen molar-refractivity contribution in [3.05, 3.63) is 47.5 Å². The van der Waals surface area contributed by atoms with Gasteiger partial charge in [-0.15, -0.1) is 0 Å². The van der Waals surface area contributed by atoms with E-state index in [1.165, 1.54) is 20.1 Å². The molecule has 3 N–H and O–H groups in total. The third kappa shape index (κ3) is 5.71. The van der Waals surface area contributed by atoms with E-state index in [1.807, 2.05) is 0 Å². The van der Waals surface area contributed by atoms with Crippen LogP contribution in [0.1, 0.15) is 22.8 Å². The van der Waals surface area contributed by atoms with Crippen LogP contribution in [0.25, 0.3) is 0 Å². The molecule has 2 amide bonds. The molecule has 0 aliphatic carbocycles. The highest BCUT2D eigenvalue weighted by Crippen LogP contribution is 2.28. The lowest BCUT2D eigenvalue weighted by molar-refractivity contribution is -0.114. The zero-order valence-electron chi connectivity index (χ0n) is 15.4. The Hall–Kier alpha value is -3.07. The number of nitrogens with one attached hydrogen (secondary N) is 3. The Labute approximate surface area is 158 Å². The van der Waals surface area contributed by atoms with Crippen LogP contribution in [0.3, 0.4) is 0 Å². The minimum atomic E-state index is -3.48. The van der Waals surface area contributed by atoms with Crippen LogP contribution in [0.15, 0.2) is 36.4 Å². The number of benzene rings is 2. The van der Waals surface area contributed by atoms with Gasteiger partial charge < -0.3 is 15.4 Å². The number of carbonyl (C=O) groups is 2. The van der Waals surface area contributed by atoms with Crippen LogP contribution >= 0.6 is 0 Å². The second-order valence-corrected chi connectivity index (χ2v) is 7.70. The molecule has 0 radical (unpaired) electrons. The lowest BCUT2D eigenvalue weighted by atomic mass is 10.1. The van der Waals surface area contributed by atoms with Crippen molar-refractivity contribution in [1.82, 2.24) is 0 Å². The van der Waals surface area contributed by atoms with Gasteiger partial charge in [-0.3, -0.25) is 14.3 Å². The van der Waals surface area contributed by atoms with Crippen LogP contribution in [0.5, 0.6) is 5.75 Å². The van der Waals surface area contributed by atoms with E-state index in [9.17, 15) is 18.0 Å². The van der Waals surface area contributed by atoms with Gasteiger partial charge in [-0.1, -0.05) is 6.07 Å². The lowest BCUT2D eigenvalue weighted by Crippen LogP contribution is -2.16. The van der Waals surface area contributed by atoms with Crippen LogP contribution in [-0.4, -0.2) is 33.6 Å². The summed E-state index contributed by atoms with van der Waals surface area (Å²) in [4.78, 5) is 24.0. The van der Waals surface area contributed by atoms with Gasteiger partial charge in [0.1, 0.15) is 5.75 Å². The Balaban J connectivity index is 2.34. The third-order valence-electron chi connectivity index (χ3n) is 3.58. The normalized spacial score (nSPS) is 10.8. The number of rotatable bonds is 6. The molecule has 2 aromatic carbocycles. The maximum absolute atomic E-state index is 12.6. The molecule has 0 saturated heterocycles. The third-order valence-corrected chi connectivity index (χ3v) is 4.17. The van der Waals surface area contributed by atoms with Gasteiger partial charge in [0.25, 0.3) is 5.91 Å². The van der Waals surface area contributed by atoms with E-state index < -0.39 is 15.9 Å². The first-order chi connectivity index (χ1) is 12.6. The molecule has 8 nitrogen and oxygen atoms in total. The zero-order chi connectivity index (χ0) is 20.2. The Kier molecular flexibility index (Phi) is 6.06. The molecular weight excluding hydrogens is 370 g/mol. The second-order valence-electron chi connectivity index (χ2n) is 5.95. The number of hydrogen-bond acceptors (Lipinski definition) is 5. The average Bonchev–Trinajstić information content (AvgIpc) is 2.56. The van der Waals surface area contributed by atoms with Gasteiger partial charge in [0.2, 0.25) is 15.9 Å². The fraction of sp³-hybridized carbons (Fsp3) is 0.222. The largest absolute Gasteiger partial charge is 0.497 e. The van der Waals surface area contributed by atoms with Crippen molar-refractivity contribution in [2.45, 2.75) is 13.8 Å². The first-order valence-electron chi connectivity index (χ1n) is 7.94. The summed E-state index contributed by atoms with van der Waals surface area (Å²) in [6.07, 6.45) is 1.04. The fourth-order valence-electron chi connectivity index (χ4n) is 2.32. The molecule has 0 aliphatic heterocycles. The van der Waals surface area contributed by atoms with Gasteiger partial charge >= 0.3 is 0 Å². The van der Waals surface area contributed by atoms with Crippen LogP contribution in [0, 0.1) is 6.92 Å². The summed E-state index contributed by atoms with van der Waals surface area (Å²) in [5.41, 5.74) is 2.02. The monoisotopic (exact) mass is 391 g/mol. The summed E-state index contributed by atoms with van der Waals surface area (Å²) in [6.45, 7) is 3.09. The summed E-state index contributed by atoms with van der Waals surface area (Å²) in [5, 5.41) is 5.34. The molecule has 2 rings (SSSR count). The van der Waals surface area contributed by atoms with Crippen LogP contribution in [0.4, 0.5) is 17.1 Å². The maximum atomic E-state index is 12.6. The summed E-state index contributed by atoms with van der Waals surface area (Å²) >= 11 is 0. The predicted octanol–water partition coefficient (Wildman–Crippen LogP) is 2.59. The molecule has 0 spiro atoms. The van der Waals surface area contributed by atoms with Crippen molar-refractivity contribution in [3.8, 4) is 5.75 Å². The first kappa shape index (κ1) is 20.2. The van der Waals surface area contributed by atoms with E-state index in [0.717, 1.165) is 6.26 Å². The van der Waals surface area contributed by atoms with Crippen LogP contribution < -0.4 is 20.1 Å². The standard InChI is InChI=1S/C18H21N3O5S/c1-11-5-6-13(9-16(11)21-27(4,24)25)18(23)20-17-10-14(26-3)7-8-15(17)19-12(2)22/h5-10,21H,1-4H3,(H,19,22)(H,20,23). The SMILES string of the molecule is COc1ccc(NC(C)=O)c(NC(=O)c2ccc(C)c(NS(C)(=O)=O)c2)c1. The van der Waals surface area contributed by atoms with E-state index in [4.69, 9.17) is 4.74 Å². The molecule has 0 atom stereocenters.